The van der Waals surface area contributed by atoms with Crippen LogP contribution in [0.25, 0.3) is 0 Å². The standard InChI is InChI=1S/C9H23N3S/c1-9(2,7-10-3)12-5-8(6-13)11-4/h8,10-13H,5-7H2,1-4H3/t8-/m1/s1. The predicted molar refractivity (Wildman–Crippen MR) is 62.7 cm³/mol. The molecule has 0 aliphatic heterocycles. The lowest BCUT2D eigenvalue weighted by atomic mass is 10.1. The maximum atomic E-state index is 4.26. The van der Waals surface area contributed by atoms with Crippen LogP contribution in [0.2, 0.25) is 0 Å². The highest BCUT2D eigenvalue weighted by molar-refractivity contribution is 7.80. The molecule has 0 amide bonds. The number of thiol groups is 1. The van der Waals surface area contributed by atoms with Gasteiger partial charge in [0.1, 0.15) is 0 Å². The number of rotatable bonds is 7. The molecule has 0 saturated carbocycles. The number of hydrogen-bond donors (Lipinski definition) is 4. The highest BCUT2D eigenvalue weighted by Gasteiger charge is 2.16. The number of likely N-dealkylation sites (N-methyl/N-ethyl adjacent to an activating group) is 2. The quantitative estimate of drug-likeness (QED) is 0.445. The van der Waals surface area contributed by atoms with E-state index in [9.17, 15) is 0 Å². The molecule has 0 spiro atoms. The summed E-state index contributed by atoms with van der Waals surface area (Å²) in [4.78, 5) is 0. The van der Waals surface area contributed by atoms with Crippen molar-refractivity contribution in [2.45, 2.75) is 25.4 Å². The van der Waals surface area contributed by atoms with Gasteiger partial charge in [-0.1, -0.05) is 0 Å². The van der Waals surface area contributed by atoms with Gasteiger partial charge in [-0.05, 0) is 27.9 Å². The zero-order valence-electron chi connectivity index (χ0n) is 9.15. The Bertz CT molecular complexity index is 124. The van der Waals surface area contributed by atoms with Crippen LogP contribution in [0.4, 0.5) is 0 Å². The largest absolute Gasteiger partial charge is 0.318 e. The van der Waals surface area contributed by atoms with Gasteiger partial charge in [0.25, 0.3) is 0 Å². The third kappa shape index (κ3) is 6.32. The van der Waals surface area contributed by atoms with E-state index >= 15 is 0 Å². The Morgan fingerprint density at radius 3 is 2.31 bits per heavy atom. The molecule has 1 atom stereocenters. The summed E-state index contributed by atoms with van der Waals surface area (Å²) in [6.45, 7) is 6.30. The first-order chi connectivity index (χ1) is 6.05. The molecule has 80 valence electrons. The van der Waals surface area contributed by atoms with E-state index < -0.39 is 0 Å². The van der Waals surface area contributed by atoms with E-state index in [0.717, 1.165) is 18.8 Å². The molecule has 0 aromatic carbocycles. The minimum atomic E-state index is 0.146. The van der Waals surface area contributed by atoms with Gasteiger partial charge in [-0.15, -0.1) is 0 Å². The molecular weight excluding hydrogens is 182 g/mol. The van der Waals surface area contributed by atoms with Gasteiger partial charge in [-0.2, -0.15) is 12.6 Å². The summed E-state index contributed by atoms with van der Waals surface area (Å²) < 4.78 is 0. The van der Waals surface area contributed by atoms with Gasteiger partial charge in [0.05, 0.1) is 0 Å². The molecule has 0 fully saturated rings. The van der Waals surface area contributed by atoms with Gasteiger partial charge in [0.15, 0.2) is 0 Å². The molecule has 0 aromatic rings. The average Bonchev–Trinajstić information content (AvgIpc) is 2.06. The highest BCUT2D eigenvalue weighted by atomic mass is 32.1. The normalized spacial score (nSPS) is 14.5. The Morgan fingerprint density at radius 2 is 1.92 bits per heavy atom. The van der Waals surface area contributed by atoms with Gasteiger partial charge in [0.2, 0.25) is 0 Å². The van der Waals surface area contributed by atoms with Crippen LogP contribution in [0.5, 0.6) is 0 Å². The summed E-state index contributed by atoms with van der Waals surface area (Å²) in [6, 6.07) is 0.444. The second-order valence-corrected chi connectivity index (χ2v) is 4.33. The van der Waals surface area contributed by atoms with Gasteiger partial charge in [-0.3, -0.25) is 0 Å². The van der Waals surface area contributed by atoms with Crippen molar-refractivity contribution in [3.05, 3.63) is 0 Å². The molecule has 0 saturated heterocycles. The van der Waals surface area contributed by atoms with Crippen LogP contribution < -0.4 is 16.0 Å². The Hall–Kier alpha value is 0.230. The molecule has 0 bridgehead atoms. The van der Waals surface area contributed by atoms with Crippen LogP contribution in [-0.4, -0.2) is 44.5 Å². The molecule has 0 rings (SSSR count). The van der Waals surface area contributed by atoms with Crippen molar-refractivity contribution in [2.75, 3.05) is 32.9 Å². The van der Waals surface area contributed by atoms with E-state index in [1.807, 2.05) is 14.1 Å². The van der Waals surface area contributed by atoms with E-state index in [1.54, 1.807) is 0 Å². The van der Waals surface area contributed by atoms with Crippen LogP contribution in [0.3, 0.4) is 0 Å². The summed E-state index contributed by atoms with van der Waals surface area (Å²) in [5.74, 6) is 0.860. The van der Waals surface area contributed by atoms with Crippen molar-refractivity contribution in [1.29, 1.82) is 0 Å². The number of nitrogens with one attached hydrogen (secondary N) is 3. The monoisotopic (exact) mass is 205 g/mol. The molecule has 0 unspecified atom stereocenters. The third-order valence-corrected chi connectivity index (χ3v) is 2.52. The molecule has 3 nitrogen and oxygen atoms in total. The minimum Gasteiger partial charge on any atom is -0.318 e. The van der Waals surface area contributed by atoms with Crippen LogP contribution in [0, 0.1) is 0 Å². The zero-order chi connectivity index (χ0) is 10.3. The van der Waals surface area contributed by atoms with Crippen LogP contribution in [0.15, 0.2) is 0 Å². The SMILES string of the molecule is CNCC(C)(C)NC[C@H](CS)NC. The topological polar surface area (TPSA) is 36.1 Å². The fourth-order valence-electron chi connectivity index (χ4n) is 1.16. The fourth-order valence-corrected chi connectivity index (χ4v) is 1.47. The lowest BCUT2D eigenvalue weighted by Gasteiger charge is -2.28. The summed E-state index contributed by atoms with van der Waals surface area (Å²) in [5, 5.41) is 9.86. The van der Waals surface area contributed by atoms with Gasteiger partial charge in [-0.25, -0.2) is 0 Å². The lowest BCUT2D eigenvalue weighted by molar-refractivity contribution is 0.358. The Labute approximate surface area is 87.5 Å². The van der Waals surface area contributed by atoms with Crippen LogP contribution in [-0.2, 0) is 0 Å². The van der Waals surface area contributed by atoms with Crippen molar-refractivity contribution in [1.82, 2.24) is 16.0 Å². The first-order valence-corrected chi connectivity index (χ1v) is 5.36. The predicted octanol–water partition coefficient (Wildman–Crippen LogP) is 0.0918. The van der Waals surface area contributed by atoms with Crippen molar-refractivity contribution in [3.8, 4) is 0 Å². The molecular formula is C9H23N3S. The van der Waals surface area contributed by atoms with Gasteiger partial charge < -0.3 is 16.0 Å². The second kappa shape index (κ2) is 6.65. The molecule has 4 heteroatoms. The Kier molecular flexibility index (Phi) is 6.77. The van der Waals surface area contributed by atoms with Crippen molar-refractivity contribution >= 4 is 12.6 Å². The molecule has 0 radical (unpaired) electrons. The third-order valence-electron chi connectivity index (χ3n) is 2.07. The fraction of sp³-hybridized carbons (Fsp3) is 1.00. The summed E-state index contributed by atoms with van der Waals surface area (Å²) in [6.07, 6.45) is 0. The van der Waals surface area contributed by atoms with Crippen molar-refractivity contribution in [2.24, 2.45) is 0 Å². The maximum absolute atomic E-state index is 4.26. The van der Waals surface area contributed by atoms with E-state index in [1.165, 1.54) is 0 Å². The van der Waals surface area contributed by atoms with Gasteiger partial charge in [0, 0.05) is 30.4 Å². The van der Waals surface area contributed by atoms with E-state index in [-0.39, 0.29) is 5.54 Å². The first kappa shape index (κ1) is 13.2. The summed E-state index contributed by atoms with van der Waals surface area (Å²) in [5.41, 5.74) is 0.146. The van der Waals surface area contributed by atoms with Crippen LogP contribution in [0.1, 0.15) is 13.8 Å². The van der Waals surface area contributed by atoms with E-state index in [4.69, 9.17) is 0 Å². The smallest absolute Gasteiger partial charge is 0.0277 e. The minimum absolute atomic E-state index is 0.146. The summed E-state index contributed by atoms with van der Waals surface area (Å²) in [7, 11) is 3.94. The molecule has 3 N–H and O–H groups in total. The molecule has 0 aliphatic carbocycles. The van der Waals surface area contributed by atoms with Gasteiger partial charge >= 0.3 is 0 Å². The van der Waals surface area contributed by atoms with E-state index in [0.29, 0.717) is 6.04 Å². The molecule has 13 heavy (non-hydrogen) atoms. The molecule has 0 aliphatic rings. The average molecular weight is 205 g/mol. The maximum Gasteiger partial charge on any atom is 0.0277 e. The zero-order valence-corrected chi connectivity index (χ0v) is 10.0. The second-order valence-electron chi connectivity index (χ2n) is 3.96. The van der Waals surface area contributed by atoms with E-state index in [2.05, 4.69) is 42.4 Å². The Balaban J connectivity index is 3.71. The van der Waals surface area contributed by atoms with Crippen molar-refractivity contribution < 1.29 is 0 Å². The first-order valence-electron chi connectivity index (χ1n) is 4.73. The lowest BCUT2D eigenvalue weighted by Crippen LogP contribution is -2.51. The van der Waals surface area contributed by atoms with Crippen molar-refractivity contribution in [3.63, 3.8) is 0 Å². The van der Waals surface area contributed by atoms with Crippen LogP contribution >= 0.6 is 12.6 Å². The number of hydrogen-bond acceptors (Lipinski definition) is 4. The summed E-state index contributed by atoms with van der Waals surface area (Å²) >= 11 is 4.26. The Morgan fingerprint density at radius 1 is 1.31 bits per heavy atom. The highest BCUT2D eigenvalue weighted by Crippen LogP contribution is 1.99. The molecule has 0 aromatic heterocycles. The molecule has 0 heterocycles.